The first-order valence-electron chi connectivity index (χ1n) is 15.7. The number of hydrogen-bond acceptors (Lipinski definition) is 10. The third kappa shape index (κ3) is 13.8. The van der Waals surface area contributed by atoms with E-state index in [0.717, 1.165) is 57.1 Å². The maximum absolute atomic E-state index is 9.38. The Bertz CT molecular complexity index is 1660. The molecule has 53 heavy (non-hydrogen) atoms. The van der Waals surface area contributed by atoms with E-state index < -0.39 is 0 Å². The Hall–Kier alpha value is -2.68. The molecule has 0 aliphatic carbocycles. The van der Waals surface area contributed by atoms with Crippen molar-refractivity contribution < 1.29 is 88.1 Å². The number of aryl methyl sites for hydroxylation is 2. The SMILES string of the molecule is COc1cc([N+]#N)c(Sc2ccc(C)cc2)cc1N1CCOCC1.COc1cc([N+]#N)c(Sc2ccc(C)cc2)cc1N1CCOCC1.[Cl-].[Cl-].[Cl-].[Cl-].[Zn+2]. The molecule has 10 nitrogen and oxygen atoms in total. The van der Waals surface area contributed by atoms with Gasteiger partial charge in [0.1, 0.15) is 21.3 Å². The molecule has 2 fully saturated rings. The molecule has 2 aliphatic rings. The van der Waals surface area contributed by atoms with Gasteiger partial charge in [-0.15, -0.1) is 0 Å². The van der Waals surface area contributed by atoms with Crippen LogP contribution in [-0.4, -0.2) is 66.8 Å². The number of halogens is 4. The van der Waals surface area contributed by atoms with Gasteiger partial charge in [-0.25, -0.2) is 0 Å². The molecule has 0 saturated carbocycles. The number of diazo groups is 2. The maximum atomic E-state index is 9.38. The van der Waals surface area contributed by atoms with E-state index in [-0.39, 0.29) is 69.1 Å². The van der Waals surface area contributed by atoms with Crippen LogP contribution in [0.4, 0.5) is 22.7 Å². The summed E-state index contributed by atoms with van der Waals surface area (Å²) in [6.45, 7) is 10.2. The first-order chi connectivity index (χ1) is 23.4. The van der Waals surface area contributed by atoms with Crippen molar-refractivity contribution in [2.45, 2.75) is 33.4 Å². The van der Waals surface area contributed by atoms with E-state index >= 15 is 0 Å². The van der Waals surface area contributed by atoms with Crippen molar-refractivity contribution in [2.75, 3.05) is 76.6 Å². The van der Waals surface area contributed by atoms with Crippen molar-refractivity contribution in [1.82, 2.24) is 0 Å². The number of nitrogens with zero attached hydrogens (tertiary/aromatic N) is 6. The van der Waals surface area contributed by atoms with Gasteiger partial charge in [-0.1, -0.05) is 58.9 Å². The Morgan fingerprint density at radius 1 is 0.566 bits per heavy atom. The Balaban J connectivity index is 0.000000932. The molecule has 0 atom stereocenters. The number of morpholine rings is 2. The largest absolute Gasteiger partial charge is 2.00 e. The summed E-state index contributed by atoms with van der Waals surface area (Å²) >= 11 is 3.16. The van der Waals surface area contributed by atoms with Crippen molar-refractivity contribution in [3.63, 3.8) is 0 Å². The summed E-state index contributed by atoms with van der Waals surface area (Å²) in [4.78, 5) is 15.3. The molecule has 2 heterocycles. The van der Waals surface area contributed by atoms with Crippen molar-refractivity contribution >= 4 is 46.3 Å². The fourth-order valence-corrected chi connectivity index (χ4v) is 7.10. The predicted molar refractivity (Wildman–Crippen MR) is 192 cm³/mol. The smallest absolute Gasteiger partial charge is 1.00 e. The number of anilines is 2. The van der Waals surface area contributed by atoms with E-state index in [9.17, 15) is 10.8 Å². The minimum absolute atomic E-state index is 0. The molecule has 17 heteroatoms. The van der Waals surface area contributed by atoms with Crippen molar-refractivity contribution in [2.24, 2.45) is 0 Å². The molecule has 2 saturated heterocycles. The predicted octanol–water partition coefficient (Wildman–Crippen LogP) is -3.03. The number of benzene rings is 4. The monoisotopic (exact) mass is 888 g/mol. The van der Waals surface area contributed by atoms with Crippen LogP contribution in [0.3, 0.4) is 0 Å². The zero-order chi connectivity index (χ0) is 33.9. The zero-order valence-corrected chi connectivity index (χ0v) is 37.6. The van der Waals surface area contributed by atoms with E-state index in [1.807, 2.05) is 12.1 Å². The average Bonchev–Trinajstić information content (AvgIpc) is 3.14. The summed E-state index contributed by atoms with van der Waals surface area (Å²) in [6.07, 6.45) is 0. The molecular formula is C36H40Cl4N6O4S2Zn. The van der Waals surface area contributed by atoms with Crippen molar-refractivity contribution in [3.05, 3.63) is 93.9 Å². The second kappa shape index (κ2) is 25.4. The Morgan fingerprint density at radius 2 is 0.887 bits per heavy atom. The molecule has 2 aliphatic heterocycles. The quantitative estimate of drug-likeness (QED) is 0.134. The summed E-state index contributed by atoms with van der Waals surface area (Å²) in [5.41, 5.74) is 5.46. The summed E-state index contributed by atoms with van der Waals surface area (Å²) in [5.74, 6) is 1.41. The zero-order valence-electron chi connectivity index (χ0n) is 29.9. The molecule has 0 radical (unpaired) electrons. The van der Waals surface area contributed by atoms with Crippen LogP contribution in [0.15, 0.2) is 92.4 Å². The minimum atomic E-state index is 0. The number of methoxy groups -OCH3 is 2. The fraction of sp³-hybridized carbons (Fsp3) is 0.333. The maximum Gasteiger partial charge on any atom is 2.00 e. The van der Waals surface area contributed by atoms with E-state index in [2.05, 4.69) is 82.1 Å². The summed E-state index contributed by atoms with van der Waals surface area (Å²) in [5, 5.41) is 18.8. The van der Waals surface area contributed by atoms with E-state index in [4.69, 9.17) is 18.9 Å². The van der Waals surface area contributed by atoms with Crippen LogP contribution in [0.5, 0.6) is 11.5 Å². The third-order valence-electron chi connectivity index (χ3n) is 7.94. The van der Waals surface area contributed by atoms with Crippen molar-refractivity contribution in [3.8, 4) is 11.5 Å². The Labute approximate surface area is 358 Å². The van der Waals surface area contributed by atoms with Gasteiger partial charge in [0.2, 0.25) is 10.8 Å². The topological polar surface area (TPSA) is 99.7 Å². The number of hydrogen-bond donors (Lipinski definition) is 0. The van der Waals surface area contributed by atoms with Gasteiger partial charge < -0.3 is 78.4 Å². The van der Waals surface area contributed by atoms with Crippen LogP contribution in [0.1, 0.15) is 11.1 Å². The van der Waals surface area contributed by atoms with Gasteiger partial charge in [0.05, 0.1) is 64.2 Å². The molecule has 0 aromatic heterocycles. The molecule has 0 spiro atoms. The Morgan fingerprint density at radius 3 is 1.17 bits per heavy atom. The molecule has 4 aromatic rings. The molecular weight excluding hydrogens is 852 g/mol. The van der Waals surface area contributed by atoms with E-state index in [0.29, 0.717) is 49.3 Å². The first-order valence-corrected chi connectivity index (χ1v) is 17.3. The molecule has 0 amide bonds. The van der Waals surface area contributed by atoms with Gasteiger partial charge in [-0.3, -0.25) is 0 Å². The Kier molecular flexibility index (Phi) is 24.1. The standard InChI is InChI=1S/2C18H20N3O2S.4ClH.Zn/c2*1-13-3-5-14(6-4-13)24-18-12-16(21-7-9-23-10-8-21)17(22-2)11-15(18)20-19;;;;;/h2*3-6,11-12H,7-10H2,1-2H3;4*1H;/q2*+1;;;;;+2/p-4. The van der Waals surface area contributed by atoms with Crippen molar-refractivity contribution in [1.29, 1.82) is 10.8 Å². The van der Waals surface area contributed by atoms with Crippen LogP contribution in [-0.2, 0) is 29.0 Å². The average molecular weight is 892 g/mol. The van der Waals surface area contributed by atoms with E-state index in [1.165, 1.54) is 11.1 Å². The van der Waals surface area contributed by atoms with Crippen LogP contribution in [0.2, 0.25) is 0 Å². The fourth-order valence-electron chi connectivity index (χ4n) is 5.29. The summed E-state index contributed by atoms with van der Waals surface area (Å²) < 4.78 is 21.9. The second-order valence-electron chi connectivity index (χ2n) is 11.2. The minimum Gasteiger partial charge on any atom is -1.00 e. The van der Waals surface area contributed by atoms with Gasteiger partial charge in [0.25, 0.3) is 0 Å². The first kappa shape index (κ1) is 50.3. The summed E-state index contributed by atoms with van der Waals surface area (Å²) in [7, 11) is 3.26. The van der Waals surface area contributed by atoms with Gasteiger partial charge >= 0.3 is 30.9 Å². The molecule has 0 N–H and O–H groups in total. The van der Waals surface area contributed by atoms with E-state index in [1.54, 1.807) is 49.9 Å². The van der Waals surface area contributed by atoms with Gasteiger partial charge in [-0.05, 0) is 50.2 Å². The van der Waals surface area contributed by atoms with Crippen LogP contribution in [0, 0.1) is 24.6 Å². The normalized spacial score (nSPS) is 12.9. The van der Waals surface area contributed by atoms with Crippen LogP contribution >= 0.6 is 23.5 Å². The molecule has 0 bridgehead atoms. The van der Waals surface area contributed by atoms with Gasteiger partial charge in [0, 0.05) is 36.0 Å². The third-order valence-corrected chi connectivity index (χ3v) is 10.0. The molecule has 280 valence electrons. The second-order valence-corrected chi connectivity index (χ2v) is 13.4. The molecule has 0 unspecified atom stereocenters. The van der Waals surface area contributed by atoms with Gasteiger partial charge in [-0.2, -0.15) is 0 Å². The van der Waals surface area contributed by atoms with Crippen LogP contribution in [0.25, 0.3) is 9.95 Å². The molecule has 6 rings (SSSR count). The van der Waals surface area contributed by atoms with Gasteiger partial charge in [0.15, 0.2) is 9.95 Å². The molecule has 4 aromatic carbocycles. The number of ether oxygens (including phenoxy) is 4. The summed E-state index contributed by atoms with van der Waals surface area (Å²) in [6, 6.07) is 24.2. The van der Waals surface area contributed by atoms with Crippen LogP contribution < -0.4 is 68.9 Å². The number of rotatable bonds is 8.